The maximum atomic E-state index is 14.3. The van der Waals surface area contributed by atoms with Crippen LogP contribution < -0.4 is 10.1 Å². The average Bonchev–Trinajstić information content (AvgIpc) is 2.46. The molecule has 0 amide bonds. The van der Waals surface area contributed by atoms with Gasteiger partial charge in [-0.25, -0.2) is 4.39 Å². The molecule has 0 heterocycles. The molecule has 112 valence electrons. The summed E-state index contributed by atoms with van der Waals surface area (Å²) in [5.41, 5.74) is 1.22. The minimum Gasteiger partial charge on any atom is -0.496 e. The zero-order valence-electron chi connectivity index (χ0n) is 11.4. The summed E-state index contributed by atoms with van der Waals surface area (Å²) in [5.74, 6) is 0.225. The molecule has 21 heavy (non-hydrogen) atoms. The largest absolute Gasteiger partial charge is 0.496 e. The van der Waals surface area contributed by atoms with Crippen LogP contribution in [0.3, 0.4) is 0 Å². The zero-order valence-corrected chi connectivity index (χ0v) is 14.5. The predicted molar refractivity (Wildman–Crippen MR) is 88.0 cm³/mol. The number of ether oxygens (including phenoxy) is 1. The van der Waals surface area contributed by atoms with Crippen LogP contribution in [0.1, 0.15) is 17.2 Å². The maximum Gasteiger partial charge on any atom is 0.129 e. The molecule has 1 unspecified atom stereocenters. The predicted octanol–water partition coefficient (Wildman–Crippen LogP) is 5.21. The molecule has 2 aromatic rings. The Morgan fingerprint density at radius 2 is 1.90 bits per heavy atom. The number of hydrogen-bond acceptors (Lipinski definition) is 2. The number of halogens is 4. The van der Waals surface area contributed by atoms with Crippen molar-refractivity contribution in [3.63, 3.8) is 0 Å². The molecular formula is C15H13BrCl2FNO. The van der Waals surface area contributed by atoms with Gasteiger partial charge in [-0.3, -0.25) is 0 Å². The molecule has 0 fully saturated rings. The lowest BCUT2D eigenvalue weighted by Crippen LogP contribution is -2.19. The summed E-state index contributed by atoms with van der Waals surface area (Å²) < 4.78 is 20.1. The Bertz CT molecular complexity index is 666. The van der Waals surface area contributed by atoms with Crippen LogP contribution >= 0.6 is 39.1 Å². The highest BCUT2D eigenvalue weighted by molar-refractivity contribution is 9.10. The fourth-order valence-electron chi connectivity index (χ4n) is 2.16. The van der Waals surface area contributed by atoms with Crippen LogP contribution in [0.15, 0.2) is 34.8 Å². The molecule has 0 saturated carbocycles. The van der Waals surface area contributed by atoms with Gasteiger partial charge in [-0.2, -0.15) is 0 Å². The van der Waals surface area contributed by atoms with Crippen LogP contribution in [0.2, 0.25) is 10.0 Å². The Morgan fingerprint density at radius 1 is 1.19 bits per heavy atom. The highest BCUT2D eigenvalue weighted by Crippen LogP contribution is 2.36. The first kappa shape index (κ1) is 16.6. The molecule has 0 spiro atoms. The van der Waals surface area contributed by atoms with Gasteiger partial charge in [-0.15, -0.1) is 0 Å². The molecule has 0 aliphatic heterocycles. The van der Waals surface area contributed by atoms with Gasteiger partial charge in [0.1, 0.15) is 11.6 Å². The molecule has 0 aromatic heterocycles. The van der Waals surface area contributed by atoms with E-state index in [-0.39, 0.29) is 5.82 Å². The minimum absolute atomic E-state index is 0.359. The van der Waals surface area contributed by atoms with Gasteiger partial charge in [-0.1, -0.05) is 29.3 Å². The first-order chi connectivity index (χ1) is 9.97. The molecule has 2 aromatic carbocycles. The van der Waals surface area contributed by atoms with E-state index in [1.54, 1.807) is 38.4 Å². The van der Waals surface area contributed by atoms with Crippen molar-refractivity contribution in [1.29, 1.82) is 0 Å². The van der Waals surface area contributed by atoms with Crippen molar-refractivity contribution in [2.45, 2.75) is 6.04 Å². The molecule has 0 radical (unpaired) electrons. The van der Waals surface area contributed by atoms with Crippen LogP contribution in [-0.4, -0.2) is 14.2 Å². The van der Waals surface area contributed by atoms with Crippen molar-refractivity contribution in [3.05, 3.63) is 61.8 Å². The smallest absolute Gasteiger partial charge is 0.129 e. The van der Waals surface area contributed by atoms with E-state index in [2.05, 4.69) is 21.2 Å². The average molecular weight is 393 g/mol. The molecule has 1 N–H and O–H groups in total. The van der Waals surface area contributed by atoms with Gasteiger partial charge in [0.25, 0.3) is 0 Å². The third kappa shape index (κ3) is 3.51. The molecule has 0 saturated heterocycles. The molecule has 0 aliphatic rings. The van der Waals surface area contributed by atoms with Crippen molar-refractivity contribution in [3.8, 4) is 5.75 Å². The van der Waals surface area contributed by atoms with E-state index < -0.39 is 6.04 Å². The van der Waals surface area contributed by atoms with Crippen LogP contribution in [-0.2, 0) is 0 Å². The summed E-state index contributed by atoms with van der Waals surface area (Å²) in [4.78, 5) is 0. The summed E-state index contributed by atoms with van der Waals surface area (Å²) in [7, 11) is 3.29. The van der Waals surface area contributed by atoms with Crippen molar-refractivity contribution >= 4 is 39.1 Å². The van der Waals surface area contributed by atoms with Gasteiger partial charge in [0.2, 0.25) is 0 Å². The van der Waals surface area contributed by atoms with Crippen LogP contribution in [0, 0.1) is 5.82 Å². The number of hydrogen-bond donors (Lipinski definition) is 1. The summed E-state index contributed by atoms with van der Waals surface area (Å²) in [6.07, 6.45) is 0. The third-order valence-electron chi connectivity index (χ3n) is 3.15. The van der Waals surface area contributed by atoms with E-state index in [0.29, 0.717) is 25.8 Å². The summed E-state index contributed by atoms with van der Waals surface area (Å²) >= 11 is 15.3. The lowest BCUT2D eigenvalue weighted by Gasteiger charge is -2.21. The van der Waals surface area contributed by atoms with Gasteiger partial charge in [-0.05, 0) is 47.2 Å². The number of rotatable bonds is 4. The maximum absolute atomic E-state index is 14.3. The molecular weight excluding hydrogens is 380 g/mol. The van der Waals surface area contributed by atoms with Gasteiger partial charge >= 0.3 is 0 Å². The quantitative estimate of drug-likeness (QED) is 0.721. The van der Waals surface area contributed by atoms with E-state index in [1.807, 2.05) is 0 Å². The second-order valence-electron chi connectivity index (χ2n) is 4.40. The van der Waals surface area contributed by atoms with E-state index in [0.717, 1.165) is 5.56 Å². The second-order valence-corrected chi connectivity index (χ2v) is 6.09. The van der Waals surface area contributed by atoms with Gasteiger partial charge in [0.05, 0.1) is 18.2 Å². The third-order valence-corrected chi connectivity index (χ3v) is 4.58. The van der Waals surface area contributed by atoms with Crippen LogP contribution in [0.5, 0.6) is 5.75 Å². The summed E-state index contributed by atoms with van der Waals surface area (Å²) in [6.45, 7) is 0. The van der Waals surface area contributed by atoms with Gasteiger partial charge < -0.3 is 10.1 Å². The number of benzene rings is 2. The topological polar surface area (TPSA) is 21.3 Å². The Labute approximate surface area is 141 Å². The molecule has 0 aliphatic carbocycles. The summed E-state index contributed by atoms with van der Waals surface area (Å²) in [5, 5.41) is 4.08. The first-order valence-corrected chi connectivity index (χ1v) is 7.68. The van der Waals surface area contributed by atoms with E-state index in [9.17, 15) is 4.39 Å². The standard InChI is InChI=1S/C15H13BrCl2FNO/c1-20-15(9-4-3-8(17)5-14(9)21-2)10-6-12(18)11(16)7-13(10)19/h3-7,15,20H,1-2H3. The van der Waals surface area contributed by atoms with Crippen molar-refractivity contribution in [1.82, 2.24) is 5.32 Å². The van der Waals surface area contributed by atoms with Gasteiger partial charge in [0.15, 0.2) is 0 Å². The zero-order chi connectivity index (χ0) is 15.6. The first-order valence-electron chi connectivity index (χ1n) is 6.13. The molecule has 6 heteroatoms. The fraction of sp³-hybridized carbons (Fsp3) is 0.200. The van der Waals surface area contributed by atoms with E-state index in [1.165, 1.54) is 6.07 Å². The van der Waals surface area contributed by atoms with Crippen LogP contribution in [0.25, 0.3) is 0 Å². The van der Waals surface area contributed by atoms with Crippen LogP contribution in [0.4, 0.5) is 4.39 Å². The fourth-order valence-corrected chi connectivity index (χ4v) is 2.81. The molecule has 0 bridgehead atoms. The highest BCUT2D eigenvalue weighted by Gasteiger charge is 2.21. The Hall–Kier alpha value is -0.810. The SMILES string of the molecule is CNC(c1cc(Cl)c(Br)cc1F)c1ccc(Cl)cc1OC. The van der Waals surface area contributed by atoms with E-state index >= 15 is 0 Å². The molecule has 1 atom stereocenters. The lowest BCUT2D eigenvalue weighted by molar-refractivity contribution is 0.404. The number of methoxy groups -OCH3 is 1. The Kier molecular flexibility index (Phi) is 5.49. The normalized spacial score (nSPS) is 12.3. The molecule has 2 rings (SSSR count). The van der Waals surface area contributed by atoms with Crippen molar-refractivity contribution in [2.24, 2.45) is 0 Å². The summed E-state index contributed by atoms with van der Waals surface area (Å²) in [6, 6.07) is 7.78. The van der Waals surface area contributed by atoms with Gasteiger partial charge in [0, 0.05) is 20.6 Å². The van der Waals surface area contributed by atoms with E-state index in [4.69, 9.17) is 27.9 Å². The monoisotopic (exact) mass is 391 g/mol. The minimum atomic E-state index is -0.400. The number of nitrogens with one attached hydrogen (secondary N) is 1. The lowest BCUT2D eigenvalue weighted by atomic mass is 9.97. The Morgan fingerprint density at radius 3 is 2.52 bits per heavy atom. The second kappa shape index (κ2) is 6.97. The van der Waals surface area contributed by atoms with Crippen molar-refractivity contribution < 1.29 is 9.13 Å². The molecule has 2 nitrogen and oxygen atoms in total. The highest BCUT2D eigenvalue weighted by atomic mass is 79.9. The van der Waals surface area contributed by atoms with Crippen molar-refractivity contribution in [2.75, 3.05) is 14.2 Å². The Balaban J connectivity index is 2.57.